The van der Waals surface area contributed by atoms with Gasteiger partial charge in [0.25, 0.3) is 0 Å². The fourth-order valence-corrected chi connectivity index (χ4v) is 2.58. The Hall–Kier alpha value is -2.74. The molecule has 2 heterocycles. The highest BCUT2D eigenvalue weighted by atomic mass is 16.5. The largest absolute Gasteiger partial charge is 0.473 e. The number of ether oxygens (including phenoxy) is 1. The number of rotatable bonds is 1. The van der Waals surface area contributed by atoms with Crippen molar-refractivity contribution < 1.29 is 9.53 Å². The Labute approximate surface area is 123 Å². The lowest BCUT2D eigenvalue weighted by atomic mass is 10.1. The van der Waals surface area contributed by atoms with Crippen molar-refractivity contribution in [2.75, 3.05) is 18.9 Å². The van der Waals surface area contributed by atoms with E-state index in [1.54, 1.807) is 12.1 Å². The van der Waals surface area contributed by atoms with Crippen LogP contribution in [0.1, 0.15) is 17.3 Å². The highest BCUT2D eigenvalue weighted by molar-refractivity contribution is 6.18. The summed E-state index contributed by atoms with van der Waals surface area (Å²) in [4.78, 5) is 14.2. The van der Waals surface area contributed by atoms with Crippen LogP contribution in [-0.2, 0) is 4.74 Å². The third kappa shape index (κ3) is 2.25. The Morgan fingerprint density at radius 1 is 1.52 bits per heavy atom. The molecule has 0 bridgehead atoms. The number of fused-ring (bicyclic) bond motifs is 1. The lowest BCUT2D eigenvalue weighted by Crippen LogP contribution is -2.15. The van der Waals surface area contributed by atoms with E-state index < -0.39 is 0 Å². The van der Waals surface area contributed by atoms with Gasteiger partial charge < -0.3 is 15.0 Å². The molecule has 2 aliphatic heterocycles. The number of hydrogen-bond donors (Lipinski definition) is 1. The predicted molar refractivity (Wildman–Crippen MR) is 78.3 cm³/mol. The SMILES string of the molecule is CC1CN(C)/C(=C(C#N)\C=C2\Nc3ccccc3C2=O)O1. The molecule has 5 heteroatoms. The zero-order valence-electron chi connectivity index (χ0n) is 11.9. The molecule has 1 fully saturated rings. The molecule has 106 valence electrons. The van der Waals surface area contributed by atoms with E-state index in [-0.39, 0.29) is 11.9 Å². The molecule has 1 aromatic rings. The molecule has 0 spiro atoms. The first-order valence-corrected chi connectivity index (χ1v) is 6.74. The van der Waals surface area contributed by atoms with Crippen LogP contribution in [0.15, 0.2) is 47.5 Å². The molecule has 0 radical (unpaired) electrons. The van der Waals surface area contributed by atoms with Gasteiger partial charge in [0.15, 0.2) is 0 Å². The summed E-state index contributed by atoms with van der Waals surface area (Å²) >= 11 is 0. The number of hydrogen-bond acceptors (Lipinski definition) is 5. The average molecular weight is 281 g/mol. The maximum atomic E-state index is 12.3. The molecule has 21 heavy (non-hydrogen) atoms. The molecule has 1 aromatic carbocycles. The summed E-state index contributed by atoms with van der Waals surface area (Å²) < 4.78 is 5.65. The highest BCUT2D eigenvalue weighted by Gasteiger charge is 2.27. The zero-order valence-corrected chi connectivity index (χ0v) is 11.9. The summed E-state index contributed by atoms with van der Waals surface area (Å²) in [6.45, 7) is 2.67. The quantitative estimate of drug-likeness (QED) is 0.632. The van der Waals surface area contributed by atoms with Gasteiger partial charge in [-0.15, -0.1) is 0 Å². The standard InChI is InChI=1S/C16H15N3O2/c1-10-9-19(2)16(21-10)11(8-17)7-14-15(20)12-5-3-4-6-13(12)18-14/h3-7,10,18H,9H2,1-2H3/b14-7+,16-11-. The summed E-state index contributed by atoms with van der Waals surface area (Å²) in [5.41, 5.74) is 2.15. The normalized spacial score (nSPS) is 24.4. The van der Waals surface area contributed by atoms with Crippen molar-refractivity contribution in [3.63, 3.8) is 0 Å². The molecular formula is C16H15N3O2. The van der Waals surface area contributed by atoms with Crippen molar-refractivity contribution in [2.45, 2.75) is 13.0 Å². The summed E-state index contributed by atoms with van der Waals surface area (Å²) in [5.74, 6) is 0.413. The van der Waals surface area contributed by atoms with Crippen molar-refractivity contribution in [3.8, 4) is 6.07 Å². The van der Waals surface area contributed by atoms with Crippen LogP contribution in [0, 0.1) is 11.3 Å². The highest BCUT2D eigenvalue weighted by Crippen LogP contribution is 2.29. The molecule has 1 atom stereocenters. The fourth-order valence-electron chi connectivity index (χ4n) is 2.58. The first-order valence-electron chi connectivity index (χ1n) is 6.74. The van der Waals surface area contributed by atoms with Crippen molar-refractivity contribution in [2.24, 2.45) is 0 Å². The van der Waals surface area contributed by atoms with Gasteiger partial charge in [-0.2, -0.15) is 5.26 Å². The van der Waals surface area contributed by atoms with Gasteiger partial charge in [-0.3, -0.25) is 4.79 Å². The van der Waals surface area contributed by atoms with E-state index >= 15 is 0 Å². The number of allylic oxidation sites excluding steroid dienone is 3. The Kier molecular flexibility index (Phi) is 3.15. The summed E-state index contributed by atoms with van der Waals surface area (Å²) in [6, 6.07) is 9.41. The summed E-state index contributed by atoms with van der Waals surface area (Å²) in [7, 11) is 1.87. The van der Waals surface area contributed by atoms with Crippen molar-refractivity contribution in [1.29, 1.82) is 5.26 Å². The third-order valence-electron chi connectivity index (χ3n) is 3.52. The Morgan fingerprint density at radius 2 is 2.29 bits per heavy atom. The number of nitriles is 1. The van der Waals surface area contributed by atoms with Gasteiger partial charge >= 0.3 is 0 Å². The molecule has 2 aliphatic rings. The number of likely N-dealkylation sites (N-methyl/N-ethyl adjacent to an activating group) is 1. The first-order chi connectivity index (χ1) is 10.1. The van der Waals surface area contributed by atoms with E-state index in [1.807, 2.05) is 37.1 Å². The van der Waals surface area contributed by atoms with Crippen LogP contribution in [0.3, 0.4) is 0 Å². The molecule has 5 nitrogen and oxygen atoms in total. The molecule has 0 saturated carbocycles. The molecule has 1 saturated heterocycles. The fraction of sp³-hybridized carbons (Fsp3) is 0.250. The van der Waals surface area contributed by atoms with E-state index in [0.717, 1.165) is 12.2 Å². The third-order valence-corrected chi connectivity index (χ3v) is 3.52. The summed E-state index contributed by atoms with van der Waals surface area (Å²) in [6.07, 6.45) is 1.60. The Bertz CT molecular complexity index is 712. The minimum Gasteiger partial charge on any atom is -0.473 e. The van der Waals surface area contributed by atoms with Crippen LogP contribution in [-0.4, -0.2) is 30.4 Å². The zero-order chi connectivity index (χ0) is 15.0. The Morgan fingerprint density at radius 3 is 2.90 bits per heavy atom. The molecule has 3 rings (SSSR count). The van der Waals surface area contributed by atoms with E-state index in [4.69, 9.17) is 4.74 Å². The van der Waals surface area contributed by atoms with Gasteiger partial charge in [-0.25, -0.2) is 0 Å². The van der Waals surface area contributed by atoms with E-state index in [1.165, 1.54) is 0 Å². The van der Waals surface area contributed by atoms with E-state index in [2.05, 4.69) is 11.4 Å². The minimum atomic E-state index is -0.104. The first kappa shape index (κ1) is 13.3. The van der Waals surface area contributed by atoms with Crippen LogP contribution in [0.2, 0.25) is 0 Å². The van der Waals surface area contributed by atoms with Crippen LogP contribution in [0.25, 0.3) is 0 Å². The van der Waals surface area contributed by atoms with E-state index in [9.17, 15) is 10.1 Å². The second-order valence-corrected chi connectivity index (χ2v) is 5.20. The van der Waals surface area contributed by atoms with Crippen LogP contribution >= 0.6 is 0 Å². The van der Waals surface area contributed by atoms with Crippen molar-refractivity contribution in [1.82, 2.24) is 4.90 Å². The maximum Gasteiger partial charge on any atom is 0.211 e. The monoisotopic (exact) mass is 281 g/mol. The lowest BCUT2D eigenvalue weighted by molar-refractivity contribution is 0.104. The average Bonchev–Trinajstić information content (AvgIpc) is 2.97. The minimum absolute atomic E-state index is 0.0381. The number of Topliss-reactive ketones (excluding diaryl/α,β-unsaturated/α-hetero) is 1. The second kappa shape index (κ2) is 4.98. The van der Waals surface area contributed by atoms with Crippen molar-refractivity contribution in [3.05, 3.63) is 53.1 Å². The molecular weight excluding hydrogens is 266 g/mol. The van der Waals surface area contributed by atoms with E-state index in [0.29, 0.717) is 22.7 Å². The molecule has 0 aliphatic carbocycles. The van der Waals surface area contributed by atoms with Crippen LogP contribution in [0.5, 0.6) is 0 Å². The van der Waals surface area contributed by atoms with Gasteiger partial charge in [0.05, 0.1) is 12.2 Å². The predicted octanol–water partition coefficient (Wildman–Crippen LogP) is 2.26. The van der Waals surface area contributed by atoms with Gasteiger partial charge in [-0.05, 0) is 25.1 Å². The number of carbonyl (C=O) groups is 1. The number of para-hydroxylation sites is 1. The second-order valence-electron chi connectivity index (χ2n) is 5.20. The topological polar surface area (TPSA) is 65.4 Å². The lowest BCUT2D eigenvalue weighted by Gasteiger charge is -2.10. The van der Waals surface area contributed by atoms with Crippen LogP contribution in [0.4, 0.5) is 5.69 Å². The van der Waals surface area contributed by atoms with Crippen molar-refractivity contribution >= 4 is 11.5 Å². The van der Waals surface area contributed by atoms with Gasteiger partial charge in [-0.1, -0.05) is 12.1 Å². The van der Waals surface area contributed by atoms with Gasteiger partial charge in [0.2, 0.25) is 11.7 Å². The molecule has 1 N–H and O–H groups in total. The Balaban J connectivity index is 1.98. The number of benzene rings is 1. The number of nitrogens with zero attached hydrogens (tertiary/aromatic N) is 2. The molecule has 1 unspecified atom stereocenters. The number of nitrogens with one attached hydrogen (secondary N) is 1. The molecule has 0 aromatic heterocycles. The maximum absolute atomic E-state index is 12.3. The summed E-state index contributed by atoms with van der Waals surface area (Å²) in [5, 5.41) is 12.4. The number of carbonyl (C=O) groups excluding carboxylic acids is 1. The number of ketones is 1. The molecule has 0 amide bonds. The van der Waals surface area contributed by atoms with Gasteiger partial charge in [0, 0.05) is 18.3 Å². The van der Waals surface area contributed by atoms with Gasteiger partial charge in [0.1, 0.15) is 17.7 Å². The van der Waals surface area contributed by atoms with Crippen LogP contribution < -0.4 is 5.32 Å². The number of anilines is 1. The smallest absolute Gasteiger partial charge is 0.211 e.